The van der Waals surface area contributed by atoms with Crippen molar-refractivity contribution < 1.29 is 14.7 Å². The second kappa shape index (κ2) is 8.44. The molecule has 0 aliphatic carbocycles. The molecule has 94 valence electrons. The van der Waals surface area contributed by atoms with Gasteiger partial charge in [0.25, 0.3) is 0 Å². The molecule has 2 atom stereocenters. The van der Waals surface area contributed by atoms with Crippen LogP contribution in [0, 0.1) is 5.92 Å². The number of carboxylic acid groups (broad SMARTS) is 1. The van der Waals surface area contributed by atoms with Gasteiger partial charge in [-0.1, -0.05) is 27.2 Å². The quantitative estimate of drug-likeness (QED) is 0.641. The van der Waals surface area contributed by atoms with Crippen LogP contribution in [0.3, 0.4) is 0 Å². The molecule has 0 aromatic heterocycles. The number of carbonyl (C=O) groups excluding carboxylic acids is 1. The van der Waals surface area contributed by atoms with Gasteiger partial charge in [0.2, 0.25) is 5.91 Å². The van der Waals surface area contributed by atoms with Crippen LogP contribution in [0.2, 0.25) is 0 Å². The molecule has 0 aliphatic heterocycles. The summed E-state index contributed by atoms with van der Waals surface area (Å²) in [6, 6.07) is -0.760. The summed E-state index contributed by atoms with van der Waals surface area (Å²) in [4.78, 5) is 22.4. The zero-order valence-electron chi connectivity index (χ0n) is 10.2. The molecule has 0 heterocycles. The average molecular weight is 247 g/mol. The lowest BCUT2D eigenvalue weighted by Crippen LogP contribution is -2.45. The Labute approximate surface area is 101 Å². The Morgan fingerprint density at radius 2 is 2.00 bits per heavy atom. The number of rotatable bonds is 8. The first kappa shape index (κ1) is 15.3. The lowest BCUT2D eigenvalue weighted by atomic mass is 9.99. The van der Waals surface area contributed by atoms with Crippen molar-refractivity contribution >= 4 is 23.6 Å². The van der Waals surface area contributed by atoms with Crippen LogP contribution in [0.1, 0.15) is 33.6 Å². The first-order valence-electron chi connectivity index (χ1n) is 5.62. The van der Waals surface area contributed by atoms with Crippen LogP contribution >= 0.6 is 11.8 Å². The molecule has 4 nitrogen and oxygen atoms in total. The van der Waals surface area contributed by atoms with Crippen LogP contribution in [0.15, 0.2) is 0 Å². The van der Waals surface area contributed by atoms with E-state index in [0.717, 1.165) is 17.9 Å². The Morgan fingerprint density at radius 3 is 2.44 bits per heavy atom. The molecule has 0 saturated heterocycles. The Morgan fingerprint density at radius 1 is 1.38 bits per heavy atom. The van der Waals surface area contributed by atoms with Crippen LogP contribution in [0.5, 0.6) is 0 Å². The van der Waals surface area contributed by atoms with Gasteiger partial charge in [0.05, 0.1) is 0 Å². The number of hydrogen-bond donors (Lipinski definition) is 2. The Bertz CT molecular complexity index is 233. The van der Waals surface area contributed by atoms with E-state index < -0.39 is 12.0 Å². The molecule has 0 bridgehead atoms. The molecule has 16 heavy (non-hydrogen) atoms. The molecule has 0 radical (unpaired) electrons. The second-order valence-corrected chi connectivity index (χ2v) is 5.11. The van der Waals surface area contributed by atoms with Crippen molar-refractivity contribution in [3.63, 3.8) is 0 Å². The van der Waals surface area contributed by atoms with Crippen LogP contribution in [-0.4, -0.2) is 34.5 Å². The molecule has 0 spiro atoms. The average Bonchev–Trinajstić information content (AvgIpc) is 2.25. The number of amides is 1. The third-order valence-electron chi connectivity index (χ3n) is 2.47. The third-order valence-corrected chi connectivity index (χ3v) is 3.37. The minimum absolute atomic E-state index is 0.0414. The van der Waals surface area contributed by atoms with Crippen molar-refractivity contribution in [1.82, 2.24) is 5.32 Å². The van der Waals surface area contributed by atoms with E-state index in [4.69, 9.17) is 5.11 Å². The molecule has 0 aromatic carbocycles. The van der Waals surface area contributed by atoms with Gasteiger partial charge in [-0.05, 0) is 11.7 Å². The van der Waals surface area contributed by atoms with Crippen molar-refractivity contribution in [1.29, 1.82) is 0 Å². The first-order chi connectivity index (χ1) is 7.52. The topological polar surface area (TPSA) is 66.4 Å². The maximum Gasteiger partial charge on any atom is 0.326 e. The summed E-state index contributed by atoms with van der Waals surface area (Å²) in [5.41, 5.74) is 0. The van der Waals surface area contributed by atoms with Crippen LogP contribution < -0.4 is 5.32 Å². The van der Waals surface area contributed by atoms with Crippen molar-refractivity contribution in [2.75, 3.05) is 11.5 Å². The molecule has 0 aliphatic rings. The monoisotopic (exact) mass is 247 g/mol. The van der Waals surface area contributed by atoms with Gasteiger partial charge in [-0.15, -0.1) is 0 Å². The number of hydrogen-bond acceptors (Lipinski definition) is 3. The fourth-order valence-electron chi connectivity index (χ4n) is 1.24. The van der Waals surface area contributed by atoms with Crippen LogP contribution in [0.4, 0.5) is 0 Å². The normalized spacial score (nSPS) is 14.2. The SMILES string of the molecule is CCSCCC(=O)N[C@H](C(=O)O)[C@@H](C)CC. The Balaban J connectivity index is 4.09. The van der Waals surface area contributed by atoms with Crippen LogP contribution in [-0.2, 0) is 9.59 Å². The first-order valence-corrected chi connectivity index (χ1v) is 6.78. The van der Waals surface area contributed by atoms with E-state index in [2.05, 4.69) is 5.32 Å². The number of nitrogens with one attached hydrogen (secondary N) is 1. The molecular weight excluding hydrogens is 226 g/mol. The highest BCUT2D eigenvalue weighted by Crippen LogP contribution is 2.08. The summed E-state index contributed by atoms with van der Waals surface area (Å²) >= 11 is 1.68. The fraction of sp³-hybridized carbons (Fsp3) is 0.818. The highest BCUT2D eigenvalue weighted by atomic mass is 32.2. The van der Waals surface area contributed by atoms with Gasteiger partial charge in [-0.2, -0.15) is 11.8 Å². The van der Waals surface area contributed by atoms with E-state index in [1.165, 1.54) is 0 Å². The molecule has 1 amide bonds. The van der Waals surface area contributed by atoms with Gasteiger partial charge < -0.3 is 10.4 Å². The highest BCUT2D eigenvalue weighted by molar-refractivity contribution is 7.99. The molecule has 0 unspecified atom stereocenters. The Hall–Kier alpha value is -0.710. The van der Waals surface area contributed by atoms with E-state index in [9.17, 15) is 9.59 Å². The predicted octanol–water partition coefficient (Wildman–Crippen LogP) is 1.75. The van der Waals surface area contributed by atoms with E-state index in [0.29, 0.717) is 6.42 Å². The van der Waals surface area contributed by atoms with Crippen molar-refractivity contribution in [3.8, 4) is 0 Å². The summed E-state index contributed by atoms with van der Waals surface area (Å²) < 4.78 is 0. The largest absolute Gasteiger partial charge is 0.480 e. The second-order valence-electron chi connectivity index (χ2n) is 3.72. The number of thioether (sulfide) groups is 1. The number of carboxylic acids is 1. The Kier molecular flexibility index (Phi) is 8.07. The molecule has 5 heteroatoms. The molecule has 0 rings (SSSR count). The third kappa shape index (κ3) is 6.00. The smallest absolute Gasteiger partial charge is 0.326 e. The van der Waals surface area contributed by atoms with Crippen molar-refractivity contribution in [2.45, 2.75) is 39.7 Å². The van der Waals surface area contributed by atoms with E-state index in [1.807, 2.05) is 20.8 Å². The highest BCUT2D eigenvalue weighted by Gasteiger charge is 2.24. The lowest BCUT2D eigenvalue weighted by molar-refractivity contribution is -0.143. The minimum atomic E-state index is -0.953. The summed E-state index contributed by atoms with van der Waals surface area (Å²) in [7, 11) is 0. The summed E-state index contributed by atoms with van der Waals surface area (Å²) in [6.45, 7) is 5.78. The van der Waals surface area contributed by atoms with E-state index in [-0.39, 0.29) is 11.8 Å². The van der Waals surface area contributed by atoms with Crippen molar-refractivity contribution in [2.24, 2.45) is 5.92 Å². The lowest BCUT2D eigenvalue weighted by Gasteiger charge is -2.19. The fourth-order valence-corrected chi connectivity index (χ4v) is 1.86. The van der Waals surface area contributed by atoms with Gasteiger partial charge >= 0.3 is 5.97 Å². The van der Waals surface area contributed by atoms with Gasteiger partial charge in [0.15, 0.2) is 0 Å². The zero-order chi connectivity index (χ0) is 12.6. The van der Waals surface area contributed by atoms with Crippen LogP contribution in [0.25, 0.3) is 0 Å². The molecule has 0 aromatic rings. The number of carbonyl (C=O) groups is 2. The van der Waals surface area contributed by atoms with Gasteiger partial charge in [0, 0.05) is 12.2 Å². The summed E-state index contributed by atoms with van der Waals surface area (Å²) in [5, 5.41) is 11.5. The zero-order valence-corrected chi connectivity index (χ0v) is 11.0. The molecule has 0 saturated carbocycles. The maximum atomic E-state index is 11.5. The standard InChI is InChI=1S/C11H21NO3S/c1-4-8(3)10(11(14)15)12-9(13)6-7-16-5-2/h8,10H,4-7H2,1-3H3,(H,12,13)(H,14,15)/t8-,10-/m0/s1. The summed E-state index contributed by atoms with van der Waals surface area (Å²) in [6.07, 6.45) is 1.12. The predicted molar refractivity (Wildman–Crippen MR) is 66.6 cm³/mol. The van der Waals surface area contributed by atoms with Gasteiger partial charge in [-0.25, -0.2) is 4.79 Å². The molecular formula is C11H21NO3S. The van der Waals surface area contributed by atoms with E-state index >= 15 is 0 Å². The van der Waals surface area contributed by atoms with Gasteiger partial charge in [0.1, 0.15) is 6.04 Å². The molecule has 2 N–H and O–H groups in total. The minimum Gasteiger partial charge on any atom is -0.480 e. The van der Waals surface area contributed by atoms with Gasteiger partial charge in [-0.3, -0.25) is 4.79 Å². The summed E-state index contributed by atoms with van der Waals surface area (Å²) in [5.74, 6) is 0.552. The molecule has 0 fully saturated rings. The van der Waals surface area contributed by atoms with E-state index in [1.54, 1.807) is 11.8 Å². The maximum absolute atomic E-state index is 11.5. The number of aliphatic carboxylic acids is 1. The van der Waals surface area contributed by atoms with Crippen molar-refractivity contribution in [3.05, 3.63) is 0 Å².